The predicted molar refractivity (Wildman–Crippen MR) is 81.9 cm³/mol. The number of carbonyl (C=O) groups excluding carboxylic acids is 1. The van der Waals surface area contributed by atoms with E-state index in [1.165, 1.54) is 0 Å². The Balaban J connectivity index is 2.76. The molecule has 0 aromatic carbocycles. The first-order valence-corrected chi connectivity index (χ1v) is 7.09. The van der Waals surface area contributed by atoms with Crippen molar-refractivity contribution in [1.29, 1.82) is 0 Å². The van der Waals surface area contributed by atoms with Gasteiger partial charge in [-0.25, -0.2) is 4.98 Å². The summed E-state index contributed by atoms with van der Waals surface area (Å²) in [6.45, 7) is 9.31. The molecule has 1 aromatic rings. The van der Waals surface area contributed by atoms with Crippen molar-refractivity contribution in [1.82, 2.24) is 14.9 Å². The van der Waals surface area contributed by atoms with Crippen LogP contribution in [0.5, 0.6) is 0 Å². The predicted octanol–water partition coefficient (Wildman–Crippen LogP) is 1.89. The van der Waals surface area contributed by atoms with Gasteiger partial charge in [-0.05, 0) is 27.2 Å². The van der Waals surface area contributed by atoms with Crippen LogP contribution >= 0.6 is 0 Å². The van der Waals surface area contributed by atoms with E-state index in [9.17, 15) is 4.79 Å². The molecule has 1 atom stereocenters. The van der Waals surface area contributed by atoms with Crippen LogP contribution in [0.25, 0.3) is 0 Å². The highest BCUT2D eigenvalue weighted by molar-refractivity contribution is 5.83. The summed E-state index contributed by atoms with van der Waals surface area (Å²) < 4.78 is 0. The summed E-state index contributed by atoms with van der Waals surface area (Å²) in [6, 6.07) is 1.53. The highest BCUT2D eigenvalue weighted by atomic mass is 16.2. The Morgan fingerprint density at radius 2 is 2.10 bits per heavy atom. The second-order valence-electron chi connectivity index (χ2n) is 4.86. The van der Waals surface area contributed by atoms with Crippen LogP contribution < -0.4 is 10.6 Å². The van der Waals surface area contributed by atoms with Crippen molar-refractivity contribution in [3.05, 3.63) is 11.8 Å². The lowest BCUT2D eigenvalue weighted by Gasteiger charge is -2.21. The van der Waals surface area contributed by atoms with Crippen molar-refractivity contribution < 1.29 is 4.79 Å². The molecule has 1 amide bonds. The van der Waals surface area contributed by atoms with Crippen molar-refractivity contribution in [2.75, 3.05) is 30.8 Å². The van der Waals surface area contributed by atoms with Crippen LogP contribution in [-0.4, -0.2) is 47.0 Å². The number of nitrogens with one attached hydrogen (secondary N) is 2. The zero-order chi connectivity index (χ0) is 15.1. The number of hydrogen-bond acceptors (Lipinski definition) is 5. The fraction of sp³-hybridized carbons (Fsp3) is 0.643. The Bertz CT molecular complexity index is 449. The van der Waals surface area contributed by atoms with Gasteiger partial charge < -0.3 is 15.5 Å². The Morgan fingerprint density at radius 3 is 2.70 bits per heavy atom. The minimum atomic E-state index is -0.312. The molecule has 1 unspecified atom stereocenters. The van der Waals surface area contributed by atoms with Gasteiger partial charge in [0.2, 0.25) is 11.9 Å². The molecule has 0 radical (unpaired) electrons. The minimum absolute atomic E-state index is 0.0480. The molecule has 0 aliphatic rings. The van der Waals surface area contributed by atoms with Crippen molar-refractivity contribution in [2.24, 2.45) is 0 Å². The Labute approximate surface area is 121 Å². The average molecular weight is 279 g/mol. The molecular weight excluding hydrogens is 254 g/mol. The molecule has 0 saturated heterocycles. The van der Waals surface area contributed by atoms with Gasteiger partial charge in [-0.3, -0.25) is 4.79 Å². The molecule has 0 aliphatic heterocycles. The number of aryl methyl sites for hydroxylation is 1. The van der Waals surface area contributed by atoms with Gasteiger partial charge in [-0.15, -0.1) is 0 Å². The third kappa shape index (κ3) is 4.68. The van der Waals surface area contributed by atoms with Gasteiger partial charge in [0.25, 0.3) is 0 Å². The molecule has 0 saturated carbocycles. The van der Waals surface area contributed by atoms with Gasteiger partial charge in [0.15, 0.2) is 0 Å². The minimum Gasteiger partial charge on any atom is -0.358 e. The van der Waals surface area contributed by atoms with Gasteiger partial charge in [0.05, 0.1) is 0 Å². The first kappa shape index (κ1) is 16.2. The lowest BCUT2D eigenvalue weighted by molar-refractivity contribution is -0.130. The molecule has 0 bridgehead atoms. The van der Waals surface area contributed by atoms with Crippen LogP contribution in [0.2, 0.25) is 0 Å². The fourth-order valence-electron chi connectivity index (χ4n) is 1.73. The second kappa shape index (κ2) is 7.67. The van der Waals surface area contributed by atoms with Crippen LogP contribution in [0.3, 0.4) is 0 Å². The van der Waals surface area contributed by atoms with Crippen molar-refractivity contribution in [3.8, 4) is 0 Å². The standard InChI is InChI=1S/C14H25N5O/c1-6-8-15-14-16-10(3)9-12(18-14)17-11(4)13(20)19(5)7-2/h9,11H,6-8H2,1-5H3,(H2,15,16,17,18). The number of likely N-dealkylation sites (N-methyl/N-ethyl adjacent to an activating group) is 1. The van der Waals surface area contributed by atoms with E-state index in [2.05, 4.69) is 27.5 Å². The monoisotopic (exact) mass is 279 g/mol. The van der Waals surface area contributed by atoms with E-state index in [1.54, 1.807) is 11.9 Å². The van der Waals surface area contributed by atoms with Gasteiger partial charge in [-0.2, -0.15) is 4.98 Å². The van der Waals surface area contributed by atoms with Crippen LogP contribution in [0.15, 0.2) is 6.07 Å². The van der Waals surface area contributed by atoms with Crippen LogP contribution in [0, 0.1) is 6.92 Å². The number of rotatable bonds is 7. The summed E-state index contributed by atoms with van der Waals surface area (Å²) in [5, 5.41) is 6.29. The van der Waals surface area contributed by atoms with Crippen molar-refractivity contribution in [2.45, 2.75) is 40.2 Å². The maximum absolute atomic E-state index is 12.0. The number of aromatic nitrogens is 2. The van der Waals surface area contributed by atoms with Gasteiger partial charge in [-0.1, -0.05) is 6.92 Å². The molecular formula is C14H25N5O. The molecule has 0 spiro atoms. The number of hydrogen-bond donors (Lipinski definition) is 2. The zero-order valence-corrected chi connectivity index (χ0v) is 13.0. The lowest BCUT2D eigenvalue weighted by atomic mass is 10.3. The summed E-state index contributed by atoms with van der Waals surface area (Å²) in [5.74, 6) is 1.31. The Hall–Kier alpha value is -1.85. The van der Waals surface area contributed by atoms with Crippen LogP contribution in [0.4, 0.5) is 11.8 Å². The quantitative estimate of drug-likeness (QED) is 0.797. The molecule has 6 nitrogen and oxygen atoms in total. The smallest absolute Gasteiger partial charge is 0.244 e. The van der Waals surface area contributed by atoms with E-state index in [1.807, 2.05) is 26.8 Å². The summed E-state index contributed by atoms with van der Waals surface area (Å²) >= 11 is 0. The SMILES string of the molecule is CCCNc1nc(C)cc(NC(C)C(=O)N(C)CC)n1. The summed E-state index contributed by atoms with van der Waals surface area (Å²) in [6.07, 6.45) is 1.01. The summed E-state index contributed by atoms with van der Waals surface area (Å²) in [5.41, 5.74) is 0.865. The van der Waals surface area contributed by atoms with E-state index in [0.29, 0.717) is 18.3 Å². The zero-order valence-electron chi connectivity index (χ0n) is 13.0. The van der Waals surface area contributed by atoms with Crippen LogP contribution in [-0.2, 0) is 4.79 Å². The molecule has 2 N–H and O–H groups in total. The molecule has 1 aromatic heterocycles. The topological polar surface area (TPSA) is 70.2 Å². The molecule has 1 rings (SSSR count). The average Bonchev–Trinajstić information content (AvgIpc) is 2.42. The number of amides is 1. The maximum Gasteiger partial charge on any atom is 0.244 e. The third-order valence-electron chi connectivity index (χ3n) is 2.97. The first-order valence-electron chi connectivity index (χ1n) is 7.09. The number of carbonyl (C=O) groups is 1. The van der Waals surface area contributed by atoms with Crippen molar-refractivity contribution >= 4 is 17.7 Å². The van der Waals surface area contributed by atoms with Gasteiger partial charge in [0.1, 0.15) is 11.9 Å². The maximum atomic E-state index is 12.0. The molecule has 20 heavy (non-hydrogen) atoms. The summed E-state index contributed by atoms with van der Waals surface area (Å²) in [4.78, 5) is 22.4. The lowest BCUT2D eigenvalue weighted by Crippen LogP contribution is -2.39. The van der Waals surface area contributed by atoms with Crippen LogP contribution in [0.1, 0.15) is 32.9 Å². The van der Waals surface area contributed by atoms with Crippen molar-refractivity contribution in [3.63, 3.8) is 0 Å². The number of anilines is 2. The van der Waals surface area contributed by atoms with E-state index >= 15 is 0 Å². The Morgan fingerprint density at radius 1 is 1.40 bits per heavy atom. The number of nitrogens with zero attached hydrogens (tertiary/aromatic N) is 3. The molecule has 112 valence electrons. The second-order valence-corrected chi connectivity index (χ2v) is 4.86. The fourth-order valence-corrected chi connectivity index (χ4v) is 1.73. The Kier molecular flexibility index (Phi) is 6.21. The normalized spacial score (nSPS) is 11.8. The van der Waals surface area contributed by atoms with E-state index in [0.717, 1.165) is 18.7 Å². The molecule has 6 heteroatoms. The van der Waals surface area contributed by atoms with E-state index < -0.39 is 0 Å². The molecule has 0 fully saturated rings. The highest BCUT2D eigenvalue weighted by Gasteiger charge is 2.16. The molecule has 1 heterocycles. The molecule has 0 aliphatic carbocycles. The van der Waals surface area contributed by atoms with Gasteiger partial charge in [0, 0.05) is 31.9 Å². The van der Waals surface area contributed by atoms with Gasteiger partial charge >= 0.3 is 0 Å². The third-order valence-corrected chi connectivity index (χ3v) is 2.97. The highest BCUT2D eigenvalue weighted by Crippen LogP contribution is 2.11. The largest absolute Gasteiger partial charge is 0.358 e. The summed E-state index contributed by atoms with van der Waals surface area (Å²) in [7, 11) is 1.79. The van der Waals surface area contributed by atoms with E-state index in [4.69, 9.17) is 0 Å². The van der Waals surface area contributed by atoms with E-state index in [-0.39, 0.29) is 11.9 Å². The first-order chi connectivity index (χ1) is 9.47.